The number of aliphatic hydroxyl groups excluding tert-OH is 1. The van der Waals surface area contributed by atoms with Crippen molar-refractivity contribution in [2.45, 2.75) is 12.6 Å². The Morgan fingerprint density at radius 3 is 2.60 bits per heavy atom. The van der Waals surface area contributed by atoms with Gasteiger partial charge in [-0.15, -0.1) is 5.10 Å². The van der Waals surface area contributed by atoms with E-state index >= 15 is 0 Å². The highest BCUT2D eigenvalue weighted by molar-refractivity contribution is 5.89. The van der Waals surface area contributed by atoms with Crippen LogP contribution in [0.15, 0.2) is 83.8 Å². The molecule has 2 aromatic carbocycles. The molecule has 0 saturated heterocycles. The van der Waals surface area contributed by atoms with Crippen molar-refractivity contribution in [3.63, 3.8) is 0 Å². The molecule has 0 radical (unpaired) electrons. The van der Waals surface area contributed by atoms with Crippen LogP contribution in [0.2, 0.25) is 0 Å². The fraction of sp³-hybridized carbons (Fsp3) is 0.136. The fourth-order valence-electron chi connectivity index (χ4n) is 3.24. The molecule has 30 heavy (non-hydrogen) atoms. The summed E-state index contributed by atoms with van der Waals surface area (Å²) in [5, 5.41) is 19.5. The van der Waals surface area contributed by atoms with Gasteiger partial charge >= 0.3 is 11.7 Å². The lowest BCUT2D eigenvalue weighted by Gasteiger charge is -2.17. The number of nitrogens with zero attached hydrogens (tertiary/aromatic N) is 3. The molecule has 0 aliphatic rings. The molecule has 0 aliphatic carbocycles. The molecule has 2 amide bonds. The molecule has 3 N–H and O–H groups in total. The molecule has 1 atom stereocenters. The topological polar surface area (TPSA) is 101 Å². The number of benzene rings is 2. The largest absolute Gasteiger partial charge is 0.394 e. The molecule has 2 aromatic heterocycles. The number of urea groups is 1. The first-order chi connectivity index (χ1) is 14.6. The van der Waals surface area contributed by atoms with Crippen LogP contribution in [0.3, 0.4) is 0 Å². The predicted molar refractivity (Wildman–Crippen MR) is 113 cm³/mol. The van der Waals surface area contributed by atoms with Crippen molar-refractivity contribution >= 4 is 17.4 Å². The van der Waals surface area contributed by atoms with Crippen LogP contribution < -0.4 is 16.3 Å². The van der Waals surface area contributed by atoms with E-state index in [0.29, 0.717) is 11.3 Å². The van der Waals surface area contributed by atoms with E-state index < -0.39 is 12.1 Å². The summed E-state index contributed by atoms with van der Waals surface area (Å²) < 4.78 is 2.86. The van der Waals surface area contributed by atoms with Gasteiger partial charge in [-0.1, -0.05) is 48.5 Å². The lowest BCUT2D eigenvalue weighted by Crippen LogP contribution is -2.34. The summed E-state index contributed by atoms with van der Waals surface area (Å²) >= 11 is 0. The van der Waals surface area contributed by atoms with Gasteiger partial charge in [0, 0.05) is 11.9 Å². The summed E-state index contributed by atoms with van der Waals surface area (Å²) in [6, 6.07) is 20.9. The second-order valence-electron chi connectivity index (χ2n) is 6.81. The zero-order valence-electron chi connectivity index (χ0n) is 16.1. The van der Waals surface area contributed by atoms with E-state index in [2.05, 4.69) is 15.7 Å². The van der Waals surface area contributed by atoms with Crippen LogP contribution in [-0.2, 0) is 6.54 Å². The van der Waals surface area contributed by atoms with Gasteiger partial charge in [-0.05, 0) is 35.4 Å². The third-order valence-electron chi connectivity index (χ3n) is 4.70. The monoisotopic (exact) mass is 403 g/mol. The highest BCUT2D eigenvalue weighted by atomic mass is 16.3. The van der Waals surface area contributed by atoms with Gasteiger partial charge in [0.1, 0.15) is 0 Å². The summed E-state index contributed by atoms with van der Waals surface area (Å²) in [4.78, 5) is 24.8. The molecule has 4 rings (SSSR count). The van der Waals surface area contributed by atoms with Crippen LogP contribution in [0.5, 0.6) is 0 Å². The smallest absolute Gasteiger partial charge is 0.350 e. The lowest BCUT2D eigenvalue weighted by molar-refractivity contribution is 0.225. The molecule has 0 aliphatic heterocycles. The number of aliphatic hydroxyl groups is 1. The Hall–Kier alpha value is -3.91. The molecule has 152 valence electrons. The minimum atomic E-state index is -0.508. The minimum Gasteiger partial charge on any atom is -0.394 e. The summed E-state index contributed by atoms with van der Waals surface area (Å²) in [6.07, 6.45) is 1.67. The number of pyridine rings is 1. The third kappa shape index (κ3) is 4.23. The van der Waals surface area contributed by atoms with E-state index in [4.69, 9.17) is 0 Å². The molecule has 8 nitrogen and oxygen atoms in total. The number of hydrogen-bond donors (Lipinski definition) is 3. The molecule has 8 heteroatoms. The van der Waals surface area contributed by atoms with Gasteiger partial charge in [-0.2, -0.15) is 0 Å². The lowest BCUT2D eigenvalue weighted by atomic mass is 10.1. The average molecular weight is 403 g/mol. The van der Waals surface area contributed by atoms with E-state index in [-0.39, 0.29) is 18.8 Å². The summed E-state index contributed by atoms with van der Waals surface area (Å²) in [6.45, 7) is 0.0647. The van der Waals surface area contributed by atoms with Crippen LogP contribution >= 0.6 is 0 Å². The molecular weight excluding hydrogens is 382 g/mol. The first kappa shape index (κ1) is 19.4. The Balaban J connectivity index is 1.46. The van der Waals surface area contributed by atoms with Gasteiger partial charge in [-0.3, -0.25) is 4.40 Å². The van der Waals surface area contributed by atoms with E-state index in [0.717, 1.165) is 11.1 Å². The van der Waals surface area contributed by atoms with Gasteiger partial charge in [0.15, 0.2) is 5.65 Å². The molecular formula is C22H21N5O3. The normalized spacial score (nSPS) is 11.9. The van der Waals surface area contributed by atoms with Crippen LogP contribution in [-0.4, -0.2) is 31.9 Å². The van der Waals surface area contributed by atoms with Crippen molar-refractivity contribution in [2.75, 3.05) is 11.9 Å². The summed E-state index contributed by atoms with van der Waals surface area (Å²) in [5.74, 6) is 0. The highest BCUT2D eigenvalue weighted by Crippen LogP contribution is 2.14. The Morgan fingerprint density at radius 2 is 1.83 bits per heavy atom. The van der Waals surface area contributed by atoms with Crippen LogP contribution in [0, 0.1) is 0 Å². The number of amides is 2. The maximum Gasteiger partial charge on any atom is 0.350 e. The molecule has 0 bridgehead atoms. The number of aromatic nitrogens is 3. The van der Waals surface area contributed by atoms with Crippen molar-refractivity contribution < 1.29 is 9.90 Å². The summed E-state index contributed by atoms with van der Waals surface area (Å²) in [7, 11) is 0. The van der Waals surface area contributed by atoms with Crippen molar-refractivity contribution in [1.29, 1.82) is 0 Å². The van der Waals surface area contributed by atoms with Gasteiger partial charge in [0.25, 0.3) is 0 Å². The first-order valence-electron chi connectivity index (χ1n) is 9.50. The van der Waals surface area contributed by atoms with Crippen LogP contribution in [0.4, 0.5) is 10.5 Å². The number of fused-ring (bicyclic) bond motifs is 1. The molecule has 2 heterocycles. The second kappa shape index (κ2) is 8.62. The van der Waals surface area contributed by atoms with E-state index in [1.807, 2.05) is 42.5 Å². The van der Waals surface area contributed by atoms with Gasteiger partial charge in [0.2, 0.25) is 0 Å². The number of rotatable bonds is 6. The molecule has 4 aromatic rings. The highest BCUT2D eigenvalue weighted by Gasteiger charge is 2.13. The predicted octanol–water partition coefficient (Wildman–Crippen LogP) is 2.40. The second-order valence-corrected chi connectivity index (χ2v) is 6.81. The Kier molecular flexibility index (Phi) is 5.58. The number of carbonyl (C=O) groups is 1. The summed E-state index contributed by atoms with van der Waals surface area (Å²) in [5.41, 5.74) is 2.56. The third-order valence-corrected chi connectivity index (χ3v) is 4.70. The van der Waals surface area contributed by atoms with E-state index in [9.17, 15) is 14.7 Å². The standard InChI is InChI=1S/C22H21N5O3/c28-15-19(17-8-2-1-3-9-17)24-21(29)23-18-10-6-7-16(13-18)14-27-22(30)26-12-5-4-11-20(26)25-27/h1-13,19,28H,14-15H2,(H2,23,24,29). The molecule has 1 unspecified atom stereocenters. The van der Waals surface area contributed by atoms with E-state index in [1.165, 1.54) is 9.08 Å². The number of carbonyl (C=O) groups excluding carboxylic acids is 1. The van der Waals surface area contributed by atoms with Gasteiger partial charge in [0.05, 0.1) is 19.2 Å². The average Bonchev–Trinajstić information content (AvgIpc) is 3.08. The fourth-order valence-corrected chi connectivity index (χ4v) is 3.24. The maximum absolute atomic E-state index is 12.4. The zero-order valence-corrected chi connectivity index (χ0v) is 16.1. The zero-order chi connectivity index (χ0) is 20.9. The molecule has 0 saturated carbocycles. The molecule has 0 fully saturated rings. The maximum atomic E-state index is 12.4. The van der Waals surface area contributed by atoms with Crippen LogP contribution in [0.25, 0.3) is 5.65 Å². The van der Waals surface area contributed by atoms with Crippen molar-refractivity contribution in [3.8, 4) is 0 Å². The van der Waals surface area contributed by atoms with Gasteiger partial charge < -0.3 is 15.7 Å². The Labute approximate surface area is 172 Å². The van der Waals surface area contributed by atoms with Crippen molar-refractivity contribution in [1.82, 2.24) is 19.5 Å². The quantitative estimate of drug-likeness (QED) is 0.460. The number of anilines is 1. The number of hydrogen-bond acceptors (Lipinski definition) is 4. The number of nitrogens with one attached hydrogen (secondary N) is 2. The molecule has 0 spiro atoms. The van der Waals surface area contributed by atoms with Crippen LogP contribution in [0.1, 0.15) is 17.2 Å². The van der Waals surface area contributed by atoms with E-state index in [1.54, 1.807) is 36.5 Å². The first-order valence-corrected chi connectivity index (χ1v) is 9.50. The minimum absolute atomic E-state index is 0.214. The van der Waals surface area contributed by atoms with Gasteiger partial charge in [-0.25, -0.2) is 14.3 Å². The Morgan fingerprint density at radius 1 is 1.03 bits per heavy atom. The van der Waals surface area contributed by atoms with Crippen molar-refractivity contribution in [3.05, 3.63) is 101 Å². The van der Waals surface area contributed by atoms with Crippen molar-refractivity contribution in [2.24, 2.45) is 0 Å². The Bertz CT molecular complexity index is 1220. The SMILES string of the molecule is O=C(Nc1cccc(Cn2nc3ccccn3c2=O)c1)NC(CO)c1ccccc1.